The fourth-order valence-corrected chi connectivity index (χ4v) is 2.97. The first-order chi connectivity index (χ1) is 9.72. The first-order valence-electron chi connectivity index (χ1n) is 7.21. The van der Waals surface area contributed by atoms with Crippen LogP contribution in [0.5, 0.6) is 0 Å². The van der Waals surface area contributed by atoms with Gasteiger partial charge in [-0.15, -0.1) is 0 Å². The predicted octanol–water partition coefficient (Wildman–Crippen LogP) is 2.54. The molecule has 1 unspecified atom stereocenters. The van der Waals surface area contributed by atoms with Crippen molar-refractivity contribution in [1.82, 2.24) is 10.2 Å². The van der Waals surface area contributed by atoms with Gasteiger partial charge in [0.05, 0.1) is 13.2 Å². The summed E-state index contributed by atoms with van der Waals surface area (Å²) in [6.45, 7) is 3.90. The van der Waals surface area contributed by atoms with E-state index in [4.69, 9.17) is 4.74 Å². The van der Waals surface area contributed by atoms with Crippen LogP contribution in [0.15, 0.2) is 22.7 Å². The van der Waals surface area contributed by atoms with Crippen LogP contribution in [0, 0.1) is 5.82 Å². The Labute approximate surface area is 127 Å². The molecule has 1 N–H and O–H groups in total. The first kappa shape index (κ1) is 14.4. The summed E-state index contributed by atoms with van der Waals surface area (Å²) < 4.78 is 20.4. The van der Waals surface area contributed by atoms with Gasteiger partial charge in [-0.05, 0) is 31.0 Å². The van der Waals surface area contributed by atoms with Crippen LogP contribution in [-0.2, 0) is 11.3 Å². The Morgan fingerprint density at radius 2 is 2.25 bits per heavy atom. The van der Waals surface area contributed by atoms with Crippen LogP contribution in [0.4, 0.5) is 4.39 Å². The Balaban J connectivity index is 1.64. The summed E-state index contributed by atoms with van der Waals surface area (Å²) in [4.78, 5) is 2.32. The highest BCUT2D eigenvalue weighted by atomic mass is 79.9. The molecule has 0 amide bonds. The van der Waals surface area contributed by atoms with E-state index in [0.717, 1.165) is 36.3 Å². The molecule has 1 aliphatic carbocycles. The van der Waals surface area contributed by atoms with Gasteiger partial charge >= 0.3 is 0 Å². The van der Waals surface area contributed by atoms with Gasteiger partial charge in [-0.25, -0.2) is 4.39 Å². The van der Waals surface area contributed by atoms with Crippen molar-refractivity contribution < 1.29 is 9.13 Å². The molecule has 1 saturated carbocycles. The monoisotopic (exact) mass is 342 g/mol. The van der Waals surface area contributed by atoms with Crippen molar-refractivity contribution in [1.29, 1.82) is 0 Å². The minimum atomic E-state index is -0.131. The van der Waals surface area contributed by atoms with Gasteiger partial charge < -0.3 is 10.1 Å². The molecule has 2 aliphatic rings. The Morgan fingerprint density at radius 1 is 1.40 bits per heavy atom. The lowest BCUT2D eigenvalue weighted by atomic mass is 10.1. The average Bonchev–Trinajstić information content (AvgIpc) is 3.26. The molecule has 1 heterocycles. The largest absolute Gasteiger partial charge is 0.378 e. The van der Waals surface area contributed by atoms with Crippen LogP contribution in [0.2, 0.25) is 0 Å². The molecule has 3 nitrogen and oxygen atoms in total. The molecule has 0 radical (unpaired) electrons. The van der Waals surface area contributed by atoms with E-state index in [1.807, 2.05) is 6.07 Å². The van der Waals surface area contributed by atoms with Gasteiger partial charge in [-0.3, -0.25) is 4.90 Å². The Morgan fingerprint density at radius 3 is 3.05 bits per heavy atom. The van der Waals surface area contributed by atoms with Crippen LogP contribution in [-0.4, -0.2) is 43.3 Å². The third kappa shape index (κ3) is 3.79. The smallest absolute Gasteiger partial charge is 0.127 e. The van der Waals surface area contributed by atoms with Gasteiger partial charge in [0.15, 0.2) is 0 Å². The van der Waals surface area contributed by atoms with Gasteiger partial charge in [0.25, 0.3) is 0 Å². The summed E-state index contributed by atoms with van der Waals surface area (Å²) in [5, 5.41) is 3.54. The number of nitrogens with zero attached hydrogens (tertiary/aromatic N) is 1. The number of benzene rings is 1. The minimum absolute atomic E-state index is 0.131. The summed E-state index contributed by atoms with van der Waals surface area (Å²) in [5.41, 5.74) is 0.748. The summed E-state index contributed by atoms with van der Waals surface area (Å²) in [7, 11) is 0. The topological polar surface area (TPSA) is 24.5 Å². The molecule has 0 spiro atoms. The third-order valence-corrected chi connectivity index (χ3v) is 4.44. The van der Waals surface area contributed by atoms with Crippen molar-refractivity contribution in [2.45, 2.75) is 31.5 Å². The van der Waals surface area contributed by atoms with Crippen LogP contribution in [0.3, 0.4) is 0 Å². The van der Waals surface area contributed by atoms with E-state index in [1.54, 1.807) is 6.07 Å². The van der Waals surface area contributed by atoms with Gasteiger partial charge in [0.2, 0.25) is 0 Å². The molecule has 110 valence electrons. The molecule has 1 aromatic carbocycles. The zero-order valence-corrected chi connectivity index (χ0v) is 13.0. The molecule has 1 saturated heterocycles. The van der Waals surface area contributed by atoms with Crippen LogP contribution >= 0.6 is 15.9 Å². The van der Waals surface area contributed by atoms with Crippen molar-refractivity contribution >= 4 is 15.9 Å². The van der Waals surface area contributed by atoms with Gasteiger partial charge in [-0.1, -0.05) is 15.9 Å². The van der Waals surface area contributed by atoms with E-state index in [1.165, 1.54) is 18.9 Å². The standard InChI is InChI=1S/C15H20BrFN2O/c16-12-1-4-15(17)11(7-12)9-19-5-6-20-10-14(19)8-18-13-2-3-13/h1,4,7,13-14,18H,2-3,5-6,8-10H2. The fraction of sp³-hybridized carbons (Fsp3) is 0.600. The Kier molecular flexibility index (Phi) is 4.71. The number of morpholine rings is 1. The van der Waals surface area contributed by atoms with Crippen LogP contribution in [0.1, 0.15) is 18.4 Å². The van der Waals surface area contributed by atoms with E-state index in [2.05, 4.69) is 26.1 Å². The average molecular weight is 343 g/mol. The van der Waals surface area contributed by atoms with Crippen molar-refractivity contribution in [3.8, 4) is 0 Å². The number of ether oxygens (including phenoxy) is 1. The fourth-order valence-electron chi connectivity index (χ4n) is 2.56. The maximum atomic E-state index is 13.9. The minimum Gasteiger partial charge on any atom is -0.378 e. The summed E-state index contributed by atoms with van der Waals surface area (Å²) in [6, 6.07) is 6.17. The predicted molar refractivity (Wildman–Crippen MR) is 80.1 cm³/mol. The summed E-state index contributed by atoms with van der Waals surface area (Å²) in [5.74, 6) is -0.131. The number of hydrogen-bond acceptors (Lipinski definition) is 3. The van der Waals surface area contributed by atoms with Crippen molar-refractivity contribution in [2.75, 3.05) is 26.3 Å². The Bertz CT molecular complexity index is 467. The zero-order chi connectivity index (χ0) is 13.9. The van der Waals surface area contributed by atoms with Gasteiger partial charge in [0, 0.05) is 41.8 Å². The van der Waals surface area contributed by atoms with Gasteiger partial charge in [0.1, 0.15) is 5.82 Å². The molecule has 1 atom stereocenters. The van der Waals surface area contributed by atoms with E-state index in [9.17, 15) is 4.39 Å². The molecule has 20 heavy (non-hydrogen) atoms. The van der Waals surface area contributed by atoms with Crippen molar-refractivity contribution in [3.05, 3.63) is 34.1 Å². The summed E-state index contributed by atoms with van der Waals surface area (Å²) in [6.07, 6.45) is 2.57. The van der Waals surface area contributed by atoms with E-state index in [0.29, 0.717) is 18.6 Å². The molecule has 3 rings (SSSR count). The lowest BCUT2D eigenvalue weighted by Crippen LogP contribution is -2.50. The molecule has 2 fully saturated rings. The zero-order valence-electron chi connectivity index (χ0n) is 11.4. The SMILES string of the molecule is Fc1ccc(Br)cc1CN1CCOCC1CNC1CC1. The highest BCUT2D eigenvalue weighted by Gasteiger charge is 2.27. The lowest BCUT2D eigenvalue weighted by Gasteiger charge is -2.36. The number of rotatable bonds is 5. The maximum absolute atomic E-state index is 13.9. The number of halogens is 2. The molecule has 0 aromatic heterocycles. The number of hydrogen-bond donors (Lipinski definition) is 1. The Hall–Kier alpha value is -0.490. The molecule has 0 bridgehead atoms. The van der Waals surface area contributed by atoms with E-state index < -0.39 is 0 Å². The van der Waals surface area contributed by atoms with Crippen LogP contribution in [0.25, 0.3) is 0 Å². The second-order valence-corrected chi connectivity index (χ2v) is 6.53. The first-order valence-corrected chi connectivity index (χ1v) is 8.01. The third-order valence-electron chi connectivity index (χ3n) is 3.95. The van der Waals surface area contributed by atoms with Crippen molar-refractivity contribution in [3.63, 3.8) is 0 Å². The molecule has 1 aliphatic heterocycles. The second-order valence-electron chi connectivity index (χ2n) is 5.62. The molecular weight excluding hydrogens is 323 g/mol. The molecular formula is C15H20BrFN2O. The summed E-state index contributed by atoms with van der Waals surface area (Å²) >= 11 is 3.41. The highest BCUT2D eigenvalue weighted by Crippen LogP contribution is 2.21. The molecule has 5 heteroatoms. The quantitative estimate of drug-likeness (QED) is 0.889. The second kappa shape index (κ2) is 6.52. The van der Waals surface area contributed by atoms with E-state index >= 15 is 0 Å². The lowest BCUT2D eigenvalue weighted by molar-refractivity contribution is -0.0114. The van der Waals surface area contributed by atoms with Gasteiger partial charge in [-0.2, -0.15) is 0 Å². The van der Waals surface area contributed by atoms with E-state index in [-0.39, 0.29) is 5.82 Å². The van der Waals surface area contributed by atoms with Crippen molar-refractivity contribution in [2.24, 2.45) is 0 Å². The molecule has 1 aromatic rings. The number of nitrogens with one attached hydrogen (secondary N) is 1. The normalized spacial score (nSPS) is 24.0. The maximum Gasteiger partial charge on any atom is 0.127 e. The van der Waals surface area contributed by atoms with Crippen LogP contribution < -0.4 is 5.32 Å². The highest BCUT2D eigenvalue weighted by molar-refractivity contribution is 9.10.